The van der Waals surface area contributed by atoms with Gasteiger partial charge in [0.15, 0.2) is 0 Å². The number of phenolic OH excluding ortho intramolecular Hbond substituents is 2. The van der Waals surface area contributed by atoms with Gasteiger partial charge in [0.25, 0.3) is 0 Å². The topological polar surface area (TPSA) is 40.5 Å². The summed E-state index contributed by atoms with van der Waals surface area (Å²) >= 11 is 0. The largest absolute Gasteiger partial charge is 0.508 e. The number of benzene rings is 3. The third-order valence-corrected chi connectivity index (χ3v) is 4.53. The van der Waals surface area contributed by atoms with Gasteiger partial charge in [0.05, 0.1) is 0 Å². The Morgan fingerprint density at radius 2 is 1.07 bits per heavy atom. The Balaban J connectivity index is 0.000000268. The fraction of sp³-hybridized carbons (Fsp3) is 0.333. The molecule has 0 spiro atoms. The SMILES string of the molecule is CC.CCCCc1ccc(C(C)C)cc1.Oc1ccc(-c2ccc(O)cc2)cc1. The van der Waals surface area contributed by atoms with Crippen molar-refractivity contribution in [2.75, 3.05) is 0 Å². The van der Waals surface area contributed by atoms with E-state index in [4.69, 9.17) is 10.2 Å². The van der Waals surface area contributed by atoms with Crippen LogP contribution in [0.4, 0.5) is 0 Å². The average Bonchev–Trinajstić information content (AvgIpc) is 2.76. The lowest BCUT2D eigenvalue weighted by molar-refractivity contribution is 0.474. The Hall–Kier alpha value is -2.74. The van der Waals surface area contributed by atoms with Crippen molar-refractivity contribution in [3.63, 3.8) is 0 Å². The molecule has 0 radical (unpaired) electrons. The molecule has 3 aromatic rings. The molecule has 0 saturated heterocycles. The van der Waals surface area contributed by atoms with Crippen LogP contribution in [0.15, 0.2) is 72.8 Å². The van der Waals surface area contributed by atoms with Crippen LogP contribution in [0.25, 0.3) is 11.1 Å². The second-order valence-electron chi connectivity index (χ2n) is 7.09. The Morgan fingerprint density at radius 1 is 0.655 bits per heavy atom. The number of hydrogen-bond acceptors (Lipinski definition) is 2. The summed E-state index contributed by atoms with van der Waals surface area (Å²) in [4.78, 5) is 0. The van der Waals surface area contributed by atoms with Crippen molar-refractivity contribution in [2.24, 2.45) is 0 Å². The van der Waals surface area contributed by atoms with E-state index in [1.807, 2.05) is 38.1 Å². The molecular weight excluding hydrogens is 356 g/mol. The maximum Gasteiger partial charge on any atom is 0.115 e. The zero-order valence-electron chi connectivity index (χ0n) is 18.5. The van der Waals surface area contributed by atoms with Gasteiger partial charge in [-0.25, -0.2) is 0 Å². The minimum Gasteiger partial charge on any atom is -0.508 e. The van der Waals surface area contributed by atoms with Gasteiger partial charge in [0.2, 0.25) is 0 Å². The lowest BCUT2D eigenvalue weighted by Gasteiger charge is -2.06. The number of phenols is 2. The number of rotatable bonds is 5. The highest BCUT2D eigenvalue weighted by atomic mass is 16.3. The quantitative estimate of drug-likeness (QED) is 0.462. The van der Waals surface area contributed by atoms with Crippen LogP contribution in [0.2, 0.25) is 0 Å². The first-order chi connectivity index (χ1) is 14.0. The lowest BCUT2D eigenvalue weighted by Crippen LogP contribution is -1.89. The molecule has 2 N–H and O–H groups in total. The van der Waals surface area contributed by atoms with Crippen molar-refractivity contribution in [3.8, 4) is 22.6 Å². The van der Waals surface area contributed by atoms with Gasteiger partial charge in [0.1, 0.15) is 11.5 Å². The summed E-state index contributed by atoms with van der Waals surface area (Å²) in [5.74, 6) is 1.17. The van der Waals surface area contributed by atoms with E-state index in [0.717, 1.165) is 11.1 Å². The standard InChI is InChI=1S/C13H20.C12H10O2.C2H6/c1-4-5-6-12-7-9-13(10-8-12)11(2)3;13-11-5-1-9(2-6-11)10-3-7-12(14)8-4-10;1-2/h7-11H,4-6H2,1-3H3;1-8,13-14H;1-2H3. The molecule has 156 valence electrons. The van der Waals surface area contributed by atoms with E-state index < -0.39 is 0 Å². The molecule has 0 aromatic heterocycles. The first-order valence-electron chi connectivity index (χ1n) is 10.7. The van der Waals surface area contributed by atoms with Crippen LogP contribution in [-0.2, 0) is 6.42 Å². The van der Waals surface area contributed by atoms with Crippen LogP contribution in [0.5, 0.6) is 11.5 Å². The van der Waals surface area contributed by atoms with Gasteiger partial charge in [-0.05, 0) is 65.3 Å². The predicted octanol–water partition coefficient (Wildman–Crippen LogP) is 7.94. The Morgan fingerprint density at radius 3 is 1.41 bits per heavy atom. The lowest BCUT2D eigenvalue weighted by atomic mass is 10.00. The van der Waals surface area contributed by atoms with Crippen molar-refractivity contribution in [1.29, 1.82) is 0 Å². The molecule has 3 aromatic carbocycles. The van der Waals surface area contributed by atoms with Crippen LogP contribution < -0.4 is 0 Å². The van der Waals surface area contributed by atoms with Crippen molar-refractivity contribution < 1.29 is 10.2 Å². The molecule has 0 bridgehead atoms. The van der Waals surface area contributed by atoms with E-state index in [1.165, 1.54) is 30.4 Å². The van der Waals surface area contributed by atoms with Gasteiger partial charge >= 0.3 is 0 Å². The van der Waals surface area contributed by atoms with E-state index in [9.17, 15) is 0 Å². The third-order valence-electron chi connectivity index (χ3n) is 4.53. The van der Waals surface area contributed by atoms with Gasteiger partial charge in [-0.1, -0.05) is 89.6 Å². The third kappa shape index (κ3) is 8.87. The molecule has 29 heavy (non-hydrogen) atoms. The summed E-state index contributed by atoms with van der Waals surface area (Å²) in [6, 6.07) is 23.0. The molecule has 0 heterocycles. The fourth-order valence-electron chi connectivity index (χ4n) is 2.76. The zero-order chi connectivity index (χ0) is 21.6. The molecule has 3 rings (SSSR count). The minimum atomic E-state index is 0.257. The fourth-order valence-corrected chi connectivity index (χ4v) is 2.76. The molecule has 0 aliphatic carbocycles. The molecule has 0 atom stereocenters. The smallest absolute Gasteiger partial charge is 0.115 e. The van der Waals surface area contributed by atoms with Crippen LogP contribution in [0, 0.1) is 0 Å². The van der Waals surface area contributed by atoms with Crippen molar-refractivity contribution >= 4 is 0 Å². The minimum absolute atomic E-state index is 0.257. The number of aryl methyl sites for hydroxylation is 1. The highest BCUT2D eigenvalue weighted by molar-refractivity contribution is 5.64. The Bertz CT molecular complexity index is 742. The van der Waals surface area contributed by atoms with E-state index in [-0.39, 0.29) is 11.5 Å². The highest BCUT2D eigenvalue weighted by Gasteiger charge is 1.98. The molecule has 0 aliphatic rings. The van der Waals surface area contributed by atoms with E-state index in [2.05, 4.69) is 45.0 Å². The van der Waals surface area contributed by atoms with Crippen LogP contribution in [0.1, 0.15) is 64.5 Å². The maximum absolute atomic E-state index is 9.11. The van der Waals surface area contributed by atoms with Gasteiger partial charge in [-0.15, -0.1) is 0 Å². The maximum atomic E-state index is 9.11. The molecule has 2 nitrogen and oxygen atoms in total. The van der Waals surface area contributed by atoms with E-state index in [0.29, 0.717) is 5.92 Å². The molecular formula is C27H36O2. The molecule has 0 amide bonds. The molecule has 0 unspecified atom stereocenters. The number of unbranched alkanes of at least 4 members (excludes halogenated alkanes) is 1. The molecule has 0 fully saturated rings. The molecule has 2 heteroatoms. The first-order valence-corrected chi connectivity index (χ1v) is 10.7. The van der Waals surface area contributed by atoms with E-state index >= 15 is 0 Å². The Kier molecular flexibility index (Phi) is 11.3. The van der Waals surface area contributed by atoms with Gasteiger partial charge in [-0.2, -0.15) is 0 Å². The van der Waals surface area contributed by atoms with Crippen molar-refractivity contribution in [3.05, 3.63) is 83.9 Å². The van der Waals surface area contributed by atoms with Crippen LogP contribution in [0.3, 0.4) is 0 Å². The summed E-state index contributed by atoms with van der Waals surface area (Å²) in [6.07, 6.45) is 3.82. The number of hydrogen-bond donors (Lipinski definition) is 2. The average molecular weight is 393 g/mol. The predicted molar refractivity (Wildman–Crippen MR) is 126 cm³/mol. The van der Waals surface area contributed by atoms with Crippen LogP contribution >= 0.6 is 0 Å². The van der Waals surface area contributed by atoms with Gasteiger partial charge in [-0.3, -0.25) is 0 Å². The summed E-state index contributed by atoms with van der Waals surface area (Å²) in [5, 5.41) is 18.2. The second-order valence-corrected chi connectivity index (χ2v) is 7.09. The van der Waals surface area contributed by atoms with Crippen molar-refractivity contribution in [1.82, 2.24) is 0 Å². The normalized spacial score (nSPS) is 9.86. The first kappa shape index (κ1) is 24.3. The number of aromatic hydroxyl groups is 2. The van der Waals surface area contributed by atoms with Crippen molar-refractivity contribution in [2.45, 2.75) is 59.8 Å². The summed E-state index contributed by atoms with van der Waals surface area (Å²) in [5.41, 5.74) is 4.96. The molecule has 0 aliphatic heterocycles. The van der Waals surface area contributed by atoms with Crippen LogP contribution in [-0.4, -0.2) is 10.2 Å². The van der Waals surface area contributed by atoms with Gasteiger partial charge < -0.3 is 10.2 Å². The zero-order valence-corrected chi connectivity index (χ0v) is 18.5. The highest BCUT2D eigenvalue weighted by Crippen LogP contribution is 2.23. The second kappa shape index (κ2) is 13.4. The molecule has 0 saturated carbocycles. The summed E-state index contributed by atoms with van der Waals surface area (Å²) in [6.45, 7) is 10.7. The van der Waals surface area contributed by atoms with E-state index in [1.54, 1.807) is 24.3 Å². The summed E-state index contributed by atoms with van der Waals surface area (Å²) < 4.78 is 0. The Labute approximate surface area is 176 Å². The van der Waals surface area contributed by atoms with Gasteiger partial charge in [0, 0.05) is 0 Å². The monoisotopic (exact) mass is 392 g/mol. The summed E-state index contributed by atoms with van der Waals surface area (Å²) in [7, 11) is 0.